The van der Waals surface area contributed by atoms with E-state index < -0.39 is 5.41 Å². The second-order valence-corrected chi connectivity index (χ2v) is 7.20. The van der Waals surface area contributed by atoms with Crippen molar-refractivity contribution in [3.63, 3.8) is 0 Å². The Kier molecular flexibility index (Phi) is 4.64. The first kappa shape index (κ1) is 18.2. The van der Waals surface area contributed by atoms with Crippen LogP contribution >= 0.6 is 0 Å². The lowest BCUT2D eigenvalue weighted by atomic mass is 9.85. The molecule has 1 saturated heterocycles. The highest BCUT2D eigenvalue weighted by molar-refractivity contribution is 6.08. The first-order valence-electron chi connectivity index (χ1n) is 8.91. The molecule has 0 aliphatic carbocycles. The molecule has 0 unspecified atom stereocenters. The van der Waals surface area contributed by atoms with Gasteiger partial charge in [-0.05, 0) is 44.5 Å². The van der Waals surface area contributed by atoms with Crippen LogP contribution in [0, 0.1) is 0 Å². The molecular formula is C19H25N3O4. The second kappa shape index (κ2) is 6.63. The molecule has 26 heavy (non-hydrogen) atoms. The number of carbonyl (C=O) groups excluding carboxylic acids is 3. The molecule has 3 amide bonds. The van der Waals surface area contributed by atoms with Crippen LogP contribution in [0.15, 0.2) is 18.2 Å². The molecule has 0 spiro atoms. The smallest absolute Gasteiger partial charge is 0.409 e. The highest BCUT2D eigenvalue weighted by atomic mass is 16.6. The molecule has 2 heterocycles. The highest BCUT2D eigenvalue weighted by Gasteiger charge is 2.42. The number of likely N-dealkylation sites (N-methyl/N-ethyl adjacent to an activating group) is 1. The predicted molar refractivity (Wildman–Crippen MR) is 97.4 cm³/mol. The van der Waals surface area contributed by atoms with Crippen molar-refractivity contribution in [1.82, 2.24) is 9.80 Å². The van der Waals surface area contributed by atoms with E-state index in [1.165, 1.54) is 0 Å². The highest BCUT2D eigenvalue weighted by Crippen LogP contribution is 2.41. The van der Waals surface area contributed by atoms with Crippen LogP contribution in [0.4, 0.5) is 10.5 Å². The van der Waals surface area contributed by atoms with E-state index in [0.717, 1.165) is 11.3 Å². The number of hydrogen-bond acceptors (Lipinski definition) is 4. The van der Waals surface area contributed by atoms with Gasteiger partial charge in [-0.2, -0.15) is 0 Å². The Hall–Kier alpha value is -2.57. The van der Waals surface area contributed by atoms with E-state index in [0.29, 0.717) is 38.3 Å². The molecule has 2 aliphatic rings. The van der Waals surface area contributed by atoms with E-state index in [1.807, 2.05) is 26.0 Å². The van der Waals surface area contributed by atoms with Gasteiger partial charge >= 0.3 is 6.09 Å². The van der Waals surface area contributed by atoms with E-state index in [4.69, 9.17) is 4.74 Å². The van der Waals surface area contributed by atoms with Crippen LogP contribution in [-0.2, 0) is 14.9 Å². The van der Waals surface area contributed by atoms with Crippen LogP contribution in [0.2, 0.25) is 0 Å². The largest absolute Gasteiger partial charge is 0.450 e. The third kappa shape index (κ3) is 2.91. The van der Waals surface area contributed by atoms with Gasteiger partial charge in [-0.1, -0.05) is 0 Å². The van der Waals surface area contributed by atoms with Gasteiger partial charge < -0.3 is 19.4 Å². The fourth-order valence-corrected chi connectivity index (χ4v) is 3.60. The lowest BCUT2D eigenvalue weighted by Crippen LogP contribution is -2.50. The molecule has 0 aromatic heterocycles. The number of hydrogen-bond donors (Lipinski definition) is 0. The zero-order valence-electron chi connectivity index (χ0n) is 15.7. The predicted octanol–water partition coefficient (Wildman–Crippen LogP) is 1.85. The summed E-state index contributed by atoms with van der Waals surface area (Å²) in [5.41, 5.74) is 1.66. The topological polar surface area (TPSA) is 70.2 Å². The number of rotatable bonds is 2. The quantitative estimate of drug-likeness (QED) is 0.808. The summed E-state index contributed by atoms with van der Waals surface area (Å²) < 4.78 is 5.00. The molecule has 0 N–H and O–H groups in total. The first-order chi connectivity index (χ1) is 12.3. The molecule has 2 aliphatic heterocycles. The minimum Gasteiger partial charge on any atom is -0.450 e. The molecule has 0 saturated carbocycles. The summed E-state index contributed by atoms with van der Waals surface area (Å²) in [6.45, 7) is 7.73. The molecule has 0 radical (unpaired) electrons. The van der Waals surface area contributed by atoms with Gasteiger partial charge in [0.05, 0.1) is 12.0 Å². The average Bonchev–Trinajstić information content (AvgIpc) is 2.82. The van der Waals surface area contributed by atoms with Crippen LogP contribution in [0.25, 0.3) is 0 Å². The van der Waals surface area contributed by atoms with Crippen molar-refractivity contribution >= 4 is 23.6 Å². The van der Waals surface area contributed by atoms with E-state index >= 15 is 0 Å². The Morgan fingerprint density at radius 3 is 2.35 bits per heavy atom. The maximum atomic E-state index is 12.9. The van der Waals surface area contributed by atoms with Crippen molar-refractivity contribution in [2.24, 2.45) is 0 Å². The van der Waals surface area contributed by atoms with Gasteiger partial charge in [0.2, 0.25) is 5.91 Å². The van der Waals surface area contributed by atoms with Gasteiger partial charge in [0, 0.05) is 44.5 Å². The van der Waals surface area contributed by atoms with Gasteiger partial charge in [0.25, 0.3) is 5.91 Å². The zero-order valence-corrected chi connectivity index (χ0v) is 15.7. The van der Waals surface area contributed by atoms with E-state index in [2.05, 4.69) is 0 Å². The summed E-state index contributed by atoms with van der Waals surface area (Å²) in [6.07, 6.45) is -0.333. The number of anilines is 1. The lowest BCUT2D eigenvalue weighted by Gasteiger charge is -2.34. The number of nitrogens with zero attached hydrogens (tertiary/aromatic N) is 3. The maximum Gasteiger partial charge on any atom is 0.409 e. The van der Waals surface area contributed by atoms with E-state index in [1.54, 1.807) is 34.7 Å². The summed E-state index contributed by atoms with van der Waals surface area (Å²) in [5.74, 6) is -0.0470. The van der Waals surface area contributed by atoms with Crippen LogP contribution in [-0.4, -0.2) is 67.5 Å². The van der Waals surface area contributed by atoms with Gasteiger partial charge in [-0.25, -0.2) is 4.79 Å². The Labute approximate surface area is 153 Å². The van der Waals surface area contributed by atoms with Crippen LogP contribution in [0.5, 0.6) is 0 Å². The molecule has 1 aromatic carbocycles. The molecular weight excluding hydrogens is 334 g/mol. The summed E-state index contributed by atoms with van der Waals surface area (Å²) in [7, 11) is 1.76. The molecule has 1 fully saturated rings. The Bertz CT molecular complexity index is 751. The third-order valence-electron chi connectivity index (χ3n) is 5.21. The fraction of sp³-hybridized carbons (Fsp3) is 0.526. The van der Waals surface area contributed by atoms with Crippen molar-refractivity contribution < 1.29 is 19.1 Å². The van der Waals surface area contributed by atoms with Crippen molar-refractivity contribution in [3.05, 3.63) is 29.3 Å². The van der Waals surface area contributed by atoms with Gasteiger partial charge in [-0.3, -0.25) is 9.59 Å². The Morgan fingerprint density at radius 2 is 1.73 bits per heavy atom. The maximum absolute atomic E-state index is 12.9. The molecule has 3 rings (SSSR count). The Balaban J connectivity index is 1.74. The van der Waals surface area contributed by atoms with Gasteiger partial charge in [0.15, 0.2) is 0 Å². The number of piperazine rings is 1. The van der Waals surface area contributed by atoms with Crippen LogP contribution in [0.3, 0.4) is 0 Å². The van der Waals surface area contributed by atoms with Crippen molar-refractivity contribution in [2.75, 3.05) is 44.7 Å². The standard InChI is InChI=1S/C19H25N3O4/c1-5-26-18(25)22-10-8-21(9-11-22)16(23)13-6-7-15-14(12-13)19(2,3)17(24)20(15)4/h6-7,12H,5,8-11H2,1-4H3. The first-order valence-corrected chi connectivity index (χ1v) is 8.91. The number of carbonyl (C=O) groups is 3. The van der Waals surface area contributed by atoms with Crippen molar-refractivity contribution in [1.29, 1.82) is 0 Å². The van der Waals surface area contributed by atoms with Crippen molar-refractivity contribution in [3.8, 4) is 0 Å². The average molecular weight is 359 g/mol. The summed E-state index contributed by atoms with van der Waals surface area (Å²) >= 11 is 0. The summed E-state index contributed by atoms with van der Waals surface area (Å²) in [5, 5.41) is 0. The Morgan fingerprint density at radius 1 is 1.12 bits per heavy atom. The molecule has 1 aromatic rings. The molecule has 7 nitrogen and oxygen atoms in total. The molecule has 7 heteroatoms. The van der Waals surface area contributed by atoms with E-state index in [-0.39, 0.29) is 17.9 Å². The van der Waals surface area contributed by atoms with E-state index in [9.17, 15) is 14.4 Å². The summed E-state index contributed by atoms with van der Waals surface area (Å²) in [6, 6.07) is 5.44. The van der Waals surface area contributed by atoms with Gasteiger partial charge in [-0.15, -0.1) is 0 Å². The third-order valence-corrected chi connectivity index (χ3v) is 5.21. The molecule has 140 valence electrons. The van der Waals surface area contributed by atoms with Gasteiger partial charge in [0.1, 0.15) is 0 Å². The SMILES string of the molecule is CCOC(=O)N1CCN(C(=O)c2ccc3c(c2)C(C)(C)C(=O)N3C)CC1. The van der Waals surface area contributed by atoms with Crippen LogP contribution in [0.1, 0.15) is 36.7 Å². The zero-order chi connectivity index (χ0) is 19.1. The second-order valence-electron chi connectivity index (χ2n) is 7.20. The minimum absolute atomic E-state index is 0.0279. The van der Waals surface area contributed by atoms with Crippen molar-refractivity contribution in [2.45, 2.75) is 26.2 Å². The number of ether oxygens (including phenoxy) is 1. The number of amides is 3. The summed E-state index contributed by atoms with van der Waals surface area (Å²) in [4.78, 5) is 42.0. The molecule has 0 atom stereocenters. The fourth-order valence-electron chi connectivity index (χ4n) is 3.60. The normalized spacial score (nSPS) is 18.8. The minimum atomic E-state index is -0.636. The monoisotopic (exact) mass is 359 g/mol. The molecule has 0 bridgehead atoms. The number of benzene rings is 1. The van der Waals surface area contributed by atoms with Crippen LogP contribution < -0.4 is 4.90 Å². The number of fused-ring (bicyclic) bond motifs is 1. The lowest BCUT2D eigenvalue weighted by molar-refractivity contribution is -0.121.